The van der Waals surface area contributed by atoms with Crippen LogP contribution >= 0.6 is 24.0 Å². The summed E-state index contributed by atoms with van der Waals surface area (Å²) in [6.07, 6.45) is 0. The van der Waals surface area contributed by atoms with Crippen molar-refractivity contribution in [2.24, 2.45) is 16.8 Å². The summed E-state index contributed by atoms with van der Waals surface area (Å²) in [4.78, 5) is 18.3. The predicted octanol–water partition coefficient (Wildman–Crippen LogP) is 1.21. The smallest absolute Gasteiger partial charge is 0.310 e. The summed E-state index contributed by atoms with van der Waals surface area (Å²) in [5.41, 5.74) is 1.00. The normalized spacial score (nSPS) is 19.9. The van der Waals surface area contributed by atoms with Crippen molar-refractivity contribution in [2.75, 3.05) is 40.3 Å². The number of carbonyl (C=O) groups is 1. The van der Waals surface area contributed by atoms with Gasteiger partial charge in [0.2, 0.25) is 10.0 Å². The molecular weight excluding hydrogens is 495 g/mol. The Labute approximate surface area is 184 Å². The third-order valence-electron chi connectivity index (χ3n) is 4.66. The standard InChI is InChI=1S/C18H28N4O4S.HI/c1-13-5-7-15(8-6-13)27(24,25)21-10-9-20-18(19-3)22-11-14(2)16(12-22)17(23)26-4;/h5-8,14,16,21H,9-12H2,1-4H3,(H,19,20);1H. The van der Waals surface area contributed by atoms with E-state index >= 15 is 0 Å². The van der Waals surface area contributed by atoms with Gasteiger partial charge in [-0.15, -0.1) is 24.0 Å². The fraction of sp³-hybridized carbons (Fsp3) is 0.556. The topological polar surface area (TPSA) is 100 Å². The van der Waals surface area contributed by atoms with Gasteiger partial charge in [0, 0.05) is 33.2 Å². The number of esters is 1. The first kappa shape index (κ1) is 24.6. The third-order valence-corrected chi connectivity index (χ3v) is 6.14. The Morgan fingerprint density at radius 1 is 1.25 bits per heavy atom. The van der Waals surface area contributed by atoms with Crippen molar-refractivity contribution >= 4 is 45.9 Å². The van der Waals surface area contributed by atoms with Crippen molar-refractivity contribution in [3.05, 3.63) is 29.8 Å². The molecule has 0 radical (unpaired) electrons. The van der Waals surface area contributed by atoms with Crippen molar-refractivity contribution in [3.8, 4) is 0 Å². The monoisotopic (exact) mass is 524 g/mol. The molecule has 10 heteroatoms. The Bertz CT molecular complexity index is 783. The number of halogens is 1. The van der Waals surface area contributed by atoms with Gasteiger partial charge in [0.25, 0.3) is 0 Å². The van der Waals surface area contributed by atoms with Crippen LogP contribution in [-0.2, 0) is 19.6 Å². The number of methoxy groups -OCH3 is 1. The molecule has 1 heterocycles. The molecule has 8 nitrogen and oxygen atoms in total. The Balaban J connectivity index is 0.00000392. The average Bonchev–Trinajstić information content (AvgIpc) is 3.03. The molecule has 0 aromatic heterocycles. The Morgan fingerprint density at radius 2 is 1.89 bits per heavy atom. The van der Waals surface area contributed by atoms with Gasteiger partial charge in [-0.05, 0) is 25.0 Å². The summed E-state index contributed by atoms with van der Waals surface area (Å²) in [6.45, 7) is 5.73. The second kappa shape index (κ2) is 11.0. The molecule has 0 amide bonds. The van der Waals surface area contributed by atoms with E-state index in [4.69, 9.17) is 4.74 Å². The molecule has 0 saturated carbocycles. The largest absolute Gasteiger partial charge is 0.469 e. The van der Waals surface area contributed by atoms with Gasteiger partial charge in [-0.3, -0.25) is 9.79 Å². The zero-order valence-corrected chi connectivity index (χ0v) is 19.8. The summed E-state index contributed by atoms with van der Waals surface area (Å²) in [5, 5.41) is 3.14. The molecule has 1 aromatic carbocycles. The van der Waals surface area contributed by atoms with Crippen LogP contribution in [0.25, 0.3) is 0 Å². The molecule has 1 fully saturated rings. The van der Waals surface area contributed by atoms with Crippen molar-refractivity contribution in [1.82, 2.24) is 14.9 Å². The first-order valence-electron chi connectivity index (χ1n) is 8.88. The van der Waals surface area contributed by atoms with Gasteiger partial charge < -0.3 is 15.0 Å². The van der Waals surface area contributed by atoms with Gasteiger partial charge in [-0.2, -0.15) is 0 Å². The summed E-state index contributed by atoms with van der Waals surface area (Å²) in [6, 6.07) is 6.70. The lowest BCUT2D eigenvalue weighted by Gasteiger charge is -2.21. The number of carbonyl (C=O) groups excluding carboxylic acids is 1. The zero-order valence-electron chi connectivity index (χ0n) is 16.6. The van der Waals surface area contributed by atoms with Crippen LogP contribution in [-0.4, -0.2) is 65.6 Å². The number of benzene rings is 1. The molecular formula is C18H29IN4O4S. The molecule has 2 rings (SSSR count). The molecule has 0 bridgehead atoms. The van der Waals surface area contributed by atoms with E-state index in [9.17, 15) is 13.2 Å². The maximum absolute atomic E-state index is 12.3. The van der Waals surface area contributed by atoms with Gasteiger partial charge >= 0.3 is 5.97 Å². The summed E-state index contributed by atoms with van der Waals surface area (Å²) < 4.78 is 32.0. The molecule has 1 aliphatic rings. The average molecular weight is 524 g/mol. The number of hydrogen-bond acceptors (Lipinski definition) is 5. The number of likely N-dealkylation sites (tertiary alicyclic amines) is 1. The van der Waals surface area contributed by atoms with E-state index in [1.165, 1.54) is 7.11 Å². The van der Waals surface area contributed by atoms with Gasteiger partial charge in [0.1, 0.15) is 0 Å². The molecule has 2 N–H and O–H groups in total. The van der Waals surface area contributed by atoms with Crippen molar-refractivity contribution in [1.29, 1.82) is 0 Å². The van der Waals surface area contributed by atoms with Gasteiger partial charge in [0.05, 0.1) is 17.9 Å². The second-order valence-corrected chi connectivity index (χ2v) is 8.46. The molecule has 1 aliphatic heterocycles. The second-order valence-electron chi connectivity index (χ2n) is 6.70. The molecule has 158 valence electrons. The Morgan fingerprint density at radius 3 is 2.46 bits per heavy atom. The molecule has 2 atom stereocenters. The fourth-order valence-electron chi connectivity index (χ4n) is 3.09. The number of sulfonamides is 1. The number of hydrogen-bond donors (Lipinski definition) is 2. The van der Waals surface area contributed by atoms with Crippen molar-refractivity contribution in [3.63, 3.8) is 0 Å². The number of guanidine groups is 1. The van der Waals surface area contributed by atoms with Gasteiger partial charge in [0.15, 0.2) is 5.96 Å². The molecule has 0 spiro atoms. The Kier molecular flexibility index (Phi) is 9.64. The highest BCUT2D eigenvalue weighted by molar-refractivity contribution is 14.0. The molecule has 0 aliphatic carbocycles. The maximum Gasteiger partial charge on any atom is 0.310 e. The van der Waals surface area contributed by atoms with Crippen molar-refractivity contribution in [2.45, 2.75) is 18.7 Å². The number of nitrogens with one attached hydrogen (secondary N) is 2. The summed E-state index contributed by atoms with van der Waals surface area (Å²) >= 11 is 0. The van der Waals surface area contributed by atoms with Crippen molar-refractivity contribution < 1.29 is 17.9 Å². The lowest BCUT2D eigenvalue weighted by Crippen LogP contribution is -2.43. The fourth-order valence-corrected chi connectivity index (χ4v) is 4.12. The van der Waals surface area contributed by atoms with Crippen LogP contribution in [0, 0.1) is 18.8 Å². The van der Waals surface area contributed by atoms with E-state index in [0.29, 0.717) is 25.6 Å². The van der Waals surface area contributed by atoms with E-state index in [1.807, 2.05) is 18.7 Å². The van der Waals surface area contributed by atoms with Crippen LogP contribution in [0.3, 0.4) is 0 Å². The summed E-state index contributed by atoms with van der Waals surface area (Å²) in [5.74, 6) is 0.402. The SMILES string of the molecule is CN=C(NCCNS(=O)(=O)c1ccc(C)cc1)N1CC(C)C(C(=O)OC)C1.I. The number of aliphatic imine (C=N–C) groups is 1. The van der Waals surface area contributed by atoms with Crippen LogP contribution in [0.4, 0.5) is 0 Å². The highest BCUT2D eigenvalue weighted by Crippen LogP contribution is 2.23. The van der Waals surface area contributed by atoms with Crippen LogP contribution in [0.15, 0.2) is 34.2 Å². The first-order chi connectivity index (χ1) is 12.8. The minimum absolute atomic E-state index is 0. The van der Waals surface area contributed by atoms with E-state index in [2.05, 4.69) is 15.0 Å². The highest BCUT2D eigenvalue weighted by Gasteiger charge is 2.36. The minimum atomic E-state index is -3.54. The highest BCUT2D eigenvalue weighted by atomic mass is 127. The molecule has 1 saturated heterocycles. The quantitative estimate of drug-likeness (QED) is 0.191. The lowest BCUT2D eigenvalue weighted by atomic mass is 9.99. The number of rotatable bonds is 6. The predicted molar refractivity (Wildman–Crippen MR) is 119 cm³/mol. The van der Waals surface area contributed by atoms with Crippen LogP contribution in [0.2, 0.25) is 0 Å². The number of ether oxygens (including phenoxy) is 1. The first-order valence-corrected chi connectivity index (χ1v) is 10.4. The molecule has 2 unspecified atom stereocenters. The Hall–Kier alpha value is -1.40. The van der Waals surface area contributed by atoms with Crippen LogP contribution in [0.1, 0.15) is 12.5 Å². The molecule has 1 aromatic rings. The lowest BCUT2D eigenvalue weighted by molar-refractivity contribution is -0.145. The van der Waals surface area contributed by atoms with E-state index in [1.54, 1.807) is 31.3 Å². The van der Waals surface area contributed by atoms with E-state index in [-0.39, 0.29) is 53.2 Å². The zero-order chi connectivity index (χ0) is 20.0. The van der Waals surface area contributed by atoms with E-state index < -0.39 is 10.0 Å². The number of aryl methyl sites for hydroxylation is 1. The van der Waals surface area contributed by atoms with Gasteiger partial charge in [-0.1, -0.05) is 24.6 Å². The van der Waals surface area contributed by atoms with Crippen LogP contribution < -0.4 is 10.0 Å². The molecule has 28 heavy (non-hydrogen) atoms. The maximum atomic E-state index is 12.3. The third kappa shape index (κ3) is 6.31. The van der Waals surface area contributed by atoms with Gasteiger partial charge in [-0.25, -0.2) is 13.1 Å². The minimum Gasteiger partial charge on any atom is -0.469 e. The van der Waals surface area contributed by atoms with E-state index in [0.717, 1.165) is 5.56 Å². The van der Waals surface area contributed by atoms with Crippen LogP contribution in [0.5, 0.6) is 0 Å². The number of nitrogens with zero attached hydrogens (tertiary/aromatic N) is 2. The summed E-state index contributed by atoms with van der Waals surface area (Å²) in [7, 11) is -0.482.